The first-order valence-corrected chi connectivity index (χ1v) is 8.39. The van der Waals surface area contributed by atoms with E-state index >= 15 is 0 Å². The Hall–Kier alpha value is -1.35. The topological polar surface area (TPSA) is 12.0 Å². The molecule has 1 heterocycles. The molecule has 0 spiro atoms. The Morgan fingerprint density at radius 2 is 2.00 bits per heavy atom. The predicted molar refractivity (Wildman–Crippen MR) is 94.2 cm³/mol. The fourth-order valence-electron chi connectivity index (χ4n) is 2.39. The van der Waals surface area contributed by atoms with Gasteiger partial charge in [-0.3, -0.25) is 0 Å². The zero-order chi connectivity index (χ0) is 14.8. The summed E-state index contributed by atoms with van der Waals surface area (Å²) in [5, 5.41) is 7.66. The number of thiophene rings is 1. The summed E-state index contributed by atoms with van der Waals surface area (Å²) in [5.74, 6) is 0. The van der Waals surface area contributed by atoms with Crippen LogP contribution in [0.2, 0.25) is 5.02 Å². The van der Waals surface area contributed by atoms with E-state index in [4.69, 9.17) is 11.6 Å². The van der Waals surface area contributed by atoms with Crippen LogP contribution >= 0.6 is 22.9 Å². The molecule has 0 saturated carbocycles. The summed E-state index contributed by atoms with van der Waals surface area (Å²) in [6, 6.07) is 15.4. The van der Waals surface area contributed by atoms with Gasteiger partial charge >= 0.3 is 0 Å². The Morgan fingerprint density at radius 1 is 1.14 bits per heavy atom. The van der Waals surface area contributed by atoms with Gasteiger partial charge in [0.1, 0.15) is 0 Å². The van der Waals surface area contributed by atoms with E-state index in [1.807, 2.05) is 0 Å². The minimum Gasteiger partial charge on any atom is -0.310 e. The number of halogens is 1. The van der Waals surface area contributed by atoms with E-state index in [2.05, 4.69) is 67.0 Å². The van der Waals surface area contributed by atoms with E-state index in [1.165, 1.54) is 21.2 Å². The molecular formula is C18H18ClNS. The van der Waals surface area contributed by atoms with Crippen molar-refractivity contribution in [3.8, 4) is 11.1 Å². The first-order valence-electron chi connectivity index (χ1n) is 7.13. The zero-order valence-corrected chi connectivity index (χ0v) is 13.8. The predicted octanol–water partition coefficient (Wildman–Crippen LogP) is 5.72. The molecule has 0 radical (unpaired) electrons. The third-order valence-electron chi connectivity index (χ3n) is 3.54. The van der Waals surface area contributed by atoms with Crippen LogP contribution in [-0.4, -0.2) is 6.04 Å². The first-order chi connectivity index (χ1) is 10.1. The maximum atomic E-state index is 6.45. The molecule has 0 unspecified atom stereocenters. The van der Waals surface area contributed by atoms with Gasteiger partial charge in [-0.25, -0.2) is 0 Å². The number of hydrogen-bond donors (Lipinski definition) is 1. The van der Waals surface area contributed by atoms with E-state index < -0.39 is 0 Å². The molecule has 0 aliphatic heterocycles. The molecule has 3 rings (SSSR count). The molecule has 0 atom stereocenters. The van der Waals surface area contributed by atoms with Gasteiger partial charge in [0, 0.05) is 22.3 Å². The van der Waals surface area contributed by atoms with Gasteiger partial charge in [0.05, 0.1) is 0 Å². The molecule has 0 fully saturated rings. The van der Waals surface area contributed by atoms with Crippen molar-refractivity contribution in [2.45, 2.75) is 26.4 Å². The number of rotatable bonds is 4. The molecule has 1 N–H and O–H groups in total. The largest absolute Gasteiger partial charge is 0.310 e. The SMILES string of the molecule is CC(C)NCc1ccc(-c2cccc3ccsc23)cc1Cl. The molecule has 1 aromatic heterocycles. The molecule has 0 amide bonds. The van der Waals surface area contributed by atoms with Crippen molar-refractivity contribution in [3.05, 3.63) is 58.4 Å². The normalized spacial score (nSPS) is 11.4. The summed E-state index contributed by atoms with van der Waals surface area (Å²) in [6.07, 6.45) is 0. The van der Waals surface area contributed by atoms with Gasteiger partial charge in [-0.15, -0.1) is 11.3 Å². The maximum absolute atomic E-state index is 6.45. The van der Waals surface area contributed by atoms with Crippen molar-refractivity contribution >= 4 is 33.0 Å². The second-order valence-electron chi connectivity index (χ2n) is 5.49. The van der Waals surface area contributed by atoms with Crippen LogP contribution in [0.25, 0.3) is 21.2 Å². The standard InChI is InChI=1S/C18H18ClNS/c1-12(2)20-11-15-7-6-14(10-17(15)19)16-5-3-4-13-8-9-21-18(13)16/h3-10,12,20H,11H2,1-2H3. The van der Waals surface area contributed by atoms with E-state index in [-0.39, 0.29) is 0 Å². The number of benzene rings is 2. The molecule has 3 heteroatoms. The van der Waals surface area contributed by atoms with Crippen LogP contribution < -0.4 is 5.32 Å². The fourth-order valence-corrected chi connectivity index (χ4v) is 3.58. The minimum atomic E-state index is 0.459. The molecule has 2 aromatic carbocycles. The molecular weight excluding hydrogens is 298 g/mol. The average molecular weight is 316 g/mol. The summed E-state index contributed by atoms with van der Waals surface area (Å²) < 4.78 is 1.32. The van der Waals surface area contributed by atoms with Crippen molar-refractivity contribution in [2.75, 3.05) is 0 Å². The maximum Gasteiger partial charge on any atom is 0.0457 e. The molecule has 0 saturated heterocycles. The smallest absolute Gasteiger partial charge is 0.0457 e. The lowest BCUT2D eigenvalue weighted by atomic mass is 10.0. The summed E-state index contributed by atoms with van der Waals surface area (Å²) in [4.78, 5) is 0. The quantitative estimate of drug-likeness (QED) is 0.649. The number of hydrogen-bond acceptors (Lipinski definition) is 2. The van der Waals surface area contributed by atoms with Gasteiger partial charge < -0.3 is 5.32 Å². The Balaban J connectivity index is 1.96. The lowest BCUT2D eigenvalue weighted by Crippen LogP contribution is -2.21. The summed E-state index contributed by atoms with van der Waals surface area (Å²) in [7, 11) is 0. The van der Waals surface area contributed by atoms with E-state index in [9.17, 15) is 0 Å². The summed E-state index contributed by atoms with van der Waals surface area (Å²) >= 11 is 8.23. The van der Waals surface area contributed by atoms with Crippen LogP contribution in [0.3, 0.4) is 0 Å². The molecule has 0 aliphatic carbocycles. The average Bonchev–Trinajstić information content (AvgIpc) is 2.94. The third-order valence-corrected chi connectivity index (χ3v) is 4.86. The van der Waals surface area contributed by atoms with Crippen LogP contribution in [0, 0.1) is 0 Å². The Bertz CT molecular complexity index is 761. The monoisotopic (exact) mass is 315 g/mol. The van der Waals surface area contributed by atoms with Crippen molar-refractivity contribution < 1.29 is 0 Å². The van der Waals surface area contributed by atoms with Crippen molar-refractivity contribution in [3.63, 3.8) is 0 Å². The Kier molecular flexibility index (Phi) is 4.29. The van der Waals surface area contributed by atoms with Crippen LogP contribution in [0.15, 0.2) is 47.8 Å². The van der Waals surface area contributed by atoms with Crippen LogP contribution in [0.5, 0.6) is 0 Å². The molecule has 1 nitrogen and oxygen atoms in total. The molecule has 0 bridgehead atoms. The molecule has 0 aliphatic rings. The Labute approximate surface area is 134 Å². The van der Waals surface area contributed by atoms with Crippen molar-refractivity contribution in [1.82, 2.24) is 5.32 Å². The van der Waals surface area contributed by atoms with Gasteiger partial charge in [0.15, 0.2) is 0 Å². The number of fused-ring (bicyclic) bond motifs is 1. The number of nitrogens with one attached hydrogen (secondary N) is 1. The van der Waals surface area contributed by atoms with Gasteiger partial charge in [-0.2, -0.15) is 0 Å². The second-order valence-corrected chi connectivity index (χ2v) is 6.81. The lowest BCUT2D eigenvalue weighted by molar-refractivity contribution is 0.589. The van der Waals surface area contributed by atoms with E-state index in [0.29, 0.717) is 6.04 Å². The van der Waals surface area contributed by atoms with Crippen LogP contribution in [0.1, 0.15) is 19.4 Å². The highest BCUT2D eigenvalue weighted by atomic mass is 35.5. The second kappa shape index (κ2) is 6.18. The van der Waals surface area contributed by atoms with Crippen molar-refractivity contribution in [1.29, 1.82) is 0 Å². The summed E-state index contributed by atoms with van der Waals surface area (Å²) in [5.41, 5.74) is 3.58. The van der Waals surface area contributed by atoms with Crippen LogP contribution in [0.4, 0.5) is 0 Å². The minimum absolute atomic E-state index is 0.459. The van der Waals surface area contributed by atoms with Gasteiger partial charge in [-0.1, -0.05) is 55.8 Å². The highest BCUT2D eigenvalue weighted by molar-refractivity contribution is 7.17. The third kappa shape index (κ3) is 3.13. The summed E-state index contributed by atoms with van der Waals surface area (Å²) in [6.45, 7) is 5.08. The van der Waals surface area contributed by atoms with Gasteiger partial charge in [0.25, 0.3) is 0 Å². The zero-order valence-electron chi connectivity index (χ0n) is 12.2. The highest BCUT2D eigenvalue weighted by Gasteiger charge is 2.08. The molecule has 3 aromatic rings. The molecule has 108 valence electrons. The van der Waals surface area contributed by atoms with Crippen LogP contribution in [-0.2, 0) is 6.54 Å². The molecule has 21 heavy (non-hydrogen) atoms. The van der Waals surface area contributed by atoms with Gasteiger partial charge in [-0.05, 0) is 39.6 Å². The van der Waals surface area contributed by atoms with Crippen molar-refractivity contribution in [2.24, 2.45) is 0 Å². The fraction of sp³-hybridized carbons (Fsp3) is 0.222. The highest BCUT2D eigenvalue weighted by Crippen LogP contribution is 2.34. The van der Waals surface area contributed by atoms with Gasteiger partial charge in [0.2, 0.25) is 0 Å². The lowest BCUT2D eigenvalue weighted by Gasteiger charge is -2.11. The van der Waals surface area contributed by atoms with E-state index in [1.54, 1.807) is 11.3 Å². The Morgan fingerprint density at radius 3 is 2.76 bits per heavy atom. The van der Waals surface area contributed by atoms with E-state index in [0.717, 1.165) is 17.1 Å². The first kappa shape index (κ1) is 14.6.